The van der Waals surface area contributed by atoms with Crippen molar-refractivity contribution in [3.8, 4) is 0 Å². The number of hydrogen-bond donors (Lipinski definition) is 3. The number of carbonyl (C=O) groups excluding carboxylic acids is 1. The van der Waals surface area contributed by atoms with E-state index < -0.39 is 0 Å². The van der Waals surface area contributed by atoms with Gasteiger partial charge in [-0.05, 0) is 43.2 Å². The fourth-order valence-corrected chi connectivity index (χ4v) is 3.57. The Morgan fingerprint density at radius 1 is 1.30 bits per heavy atom. The molecule has 2 aliphatic rings. The van der Waals surface area contributed by atoms with E-state index >= 15 is 0 Å². The molecule has 0 unspecified atom stereocenters. The number of aliphatic hydroxyl groups excluding tert-OH is 1. The lowest BCUT2D eigenvalue weighted by molar-refractivity contribution is -0.121. The predicted octanol–water partition coefficient (Wildman–Crippen LogP) is 1.31. The van der Waals surface area contributed by atoms with Gasteiger partial charge in [-0.3, -0.25) is 4.79 Å². The second-order valence-corrected chi connectivity index (χ2v) is 6.62. The van der Waals surface area contributed by atoms with Gasteiger partial charge in [0.25, 0.3) is 0 Å². The highest BCUT2D eigenvalue weighted by Gasteiger charge is 2.32. The number of benzene rings is 1. The molecular formula is C18H26N2O3. The monoisotopic (exact) mass is 318 g/mol. The first-order valence-corrected chi connectivity index (χ1v) is 8.53. The topological polar surface area (TPSA) is 70.6 Å². The normalized spacial score (nSPS) is 23.1. The van der Waals surface area contributed by atoms with Crippen molar-refractivity contribution in [1.82, 2.24) is 10.6 Å². The van der Waals surface area contributed by atoms with Crippen LogP contribution in [-0.2, 0) is 16.0 Å². The first-order chi connectivity index (χ1) is 11.2. The molecule has 5 heteroatoms. The highest BCUT2D eigenvalue weighted by Crippen LogP contribution is 2.29. The largest absolute Gasteiger partial charge is 0.394 e. The SMILES string of the molecule is O=C(CNC1(CO)CCOCC1)N[C@@H]1CCCc2ccccc21. The molecule has 0 radical (unpaired) electrons. The van der Waals surface area contributed by atoms with Crippen LogP contribution >= 0.6 is 0 Å². The van der Waals surface area contributed by atoms with Crippen molar-refractivity contribution in [3.05, 3.63) is 35.4 Å². The molecule has 1 aromatic rings. The van der Waals surface area contributed by atoms with Gasteiger partial charge in [0.05, 0.1) is 19.2 Å². The van der Waals surface area contributed by atoms with Crippen molar-refractivity contribution in [1.29, 1.82) is 0 Å². The van der Waals surface area contributed by atoms with E-state index in [4.69, 9.17) is 4.74 Å². The summed E-state index contributed by atoms with van der Waals surface area (Å²) in [5, 5.41) is 16.1. The van der Waals surface area contributed by atoms with Crippen LogP contribution in [0.15, 0.2) is 24.3 Å². The molecule has 3 N–H and O–H groups in total. The molecule has 126 valence electrons. The van der Waals surface area contributed by atoms with E-state index in [0.29, 0.717) is 13.2 Å². The van der Waals surface area contributed by atoms with E-state index in [1.807, 2.05) is 6.07 Å². The summed E-state index contributed by atoms with van der Waals surface area (Å²) in [6.07, 6.45) is 4.66. The molecule has 5 nitrogen and oxygen atoms in total. The number of amides is 1. The lowest BCUT2D eigenvalue weighted by Gasteiger charge is -2.36. The van der Waals surface area contributed by atoms with Crippen LogP contribution in [0.2, 0.25) is 0 Å². The molecule has 1 aliphatic carbocycles. The van der Waals surface area contributed by atoms with Crippen LogP contribution in [0.5, 0.6) is 0 Å². The van der Waals surface area contributed by atoms with E-state index in [0.717, 1.165) is 32.1 Å². The Balaban J connectivity index is 1.56. The van der Waals surface area contributed by atoms with Crippen LogP contribution in [0.1, 0.15) is 42.9 Å². The first kappa shape index (κ1) is 16.4. The molecule has 1 aliphatic heterocycles. The summed E-state index contributed by atoms with van der Waals surface area (Å²) < 4.78 is 5.34. The van der Waals surface area contributed by atoms with Gasteiger partial charge >= 0.3 is 0 Å². The Hall–Kier alpha value is -1.43. The van der Waals surface area contributed by atoms with Crippen molar-refractivity contribution in [2.45, 2.75) is 43.7 Å². The van der Waals surface area contributed by atoms with Gasteiger partial charge in [-0.2, -0.15) is 0 Å². The minimum Gasteiger partial charge on any atom is -0.394 e. The molecule has 1 atom stereocenters. The molecule has 1 aromatic carbocycles. The van der Waals surface area contributed by atoms with Gasteiger partial charge in [-0.25, -0.2) is 0 Å². The van der Waals surface area contributed by atoms with Gasteiger partial charge in [0.2, 0.25) is 5.91 Å². The fraction of sp³-hybridized carbons (Fsp3) is 0.611. The minimum atomic E-state index is -0.375. The second kappa shape index (κ2) is 7.43. The zero-order chi connectivity index (χ0) is 16.1. The maximum Gasteiger partial charge on any atom is 0.234 e. The average Bonchev–Trinajstić information content (AvgIpc) is 2.61. The van der Waals surface area contributed by atoms with Gasteiger partial charge in [0.15, 0.2) is 0 Å². The third-order valence-electron chi connectivity index (χ3n) is 5.08. The van der Waals surface area contributed by atoms with Crippen LogP contribution in [0, 0.1) is 0 Å². The molecule has 0 aromatic heterocycles. The summed E-state index contributed by atoms with van der Waals surface area (Å²) in [5.74, 6) is -0.00831. The lowest BCUT2D eigenvalue weighted by atomic mass is 9.87. The molecule has 1 saturated heterocycles. The molecule has 1 heterocycles. The fourth-order valence-electron chi connectivity index (χ4n) is 3.57. The van der Waals surface area contributed by atoms with Crippen molar-refractivity contribution in [3.63, 3.8) is 0 Å². The average molecular weight is 318 g/mol. The molecule has 3 rings (SSSR count). The van der Waals surface area contributed by atoms with Gasteiger partial charge in [0.1, 0.15) is 0 Å². The van der Waals surface area contributed by atoms with Gasteiger partial charge in [0, 0.05) is 18.8 Å². The third kappa shape index (κ3) is 3.91. The Bertz CT molecular complexity index is 541. The summed E-state index contributed by atoms with van der Waals surface area (Å²) in [7, 11) is 0. The number of hydrogen-bond acceptors (Lipinski definition) is 4. The number of aliphatic hydroxyl groups is 1. The van der Waals surface area contributed by atoms with Gasteiger partial charge in [-0.1, -0.05) is 24.3 Å². The Labute approximate surface area is 137 Å². The zero-order valence-corrected chi connectivity index (χ0v) is 13.5. The summed E-state index contributed by atoms with van der Waals surface area (Å²) >= 11 is 0. The van der Waals surface area contributed by atoms with Crippen LogP contribution in [-0.4, -0.2) is 42.9 Å². The lowest BCUT2D eigenvalue weighted by Crippen LogP contribution is -2.55. The number of ether oxygens (including phenoxy) is 1. The van der Waals surface area contributed by atoms with E-state index in [2.05, 4.69) is 28.8 Å². The van der Waals surface area contributed by atoms with E-state index in [1.165, 1.54) is 11.1 Å². The van der Waals surface area contributed by atoms with E-state index in [1.54, 1.807) is 0 Å². The number of rotatable bonds is 5. The maximum absolute atomic E-state index is 12.3. The van der Waals surface area contributed by atoms with Gasteiger partial charge < -0.3 is 20.5 Å². The predicted molar refractivity (Wildman–Crippen MR) is 88.1 cm³/mol. The Morgan fingerprint density at radius 2 is 2.09 bits per heavy atom. The van der Waals surface area contributed by atoms with Crippen molar-refractivity contribution in [2.24, 2.45) is 0 Å². The van der Waals surface area contributed by atoms with Crippen LogP contribution in [0.3, 0.4) is 0 Å². The first-order valence-electron chi connectivity index (χ1n) is 8.53. The smallest absolute Gasteiger partial charge is 0.234 e. The summed E-state index contributed by atoms with van der Waals surface area (Å²) in [4.78, 5) is 12.3. The molecule has 1 fully saturated rings. The second-order valence-electron chi connectivity index (χ2n) is 6.62. The zero-order valence-electron chi connectivity index (χ0n) is 13.5. The summed E-state index contributed by atoms with van der Waals surface area (Å²) in [5.41, 5.74) is 2.21. The number of aryl methyl sites for hydroxylation is 1. The molecular weight excluding hydrogens is 292 g/mol. The van der Waals surface area contributed by atoms with Crippen molar-refractivity contribution < 1.29 is 14.6 Å². The highest BCUT2D eigenvalue weighted by molar-refractivity contribution is 5.78. The Morgan fingerprint density at radius 3 is 2.87 bits per heavy atom. The summed E-state index contributed by atoms with van der Waals surface area (Å²) in [6.45, 7) is 1.53. The van der Waals surface area contributed by atoms with Crippen molar-refractivity contribution in [2.75, 3.05) is 26.4 Å². The number of nitrogens with one attached hydrogen (secondary N) is 2. The third-order valence-corrected chi connectivity index (χ3v) is 5.08. The van der Waals surface area contributed by atoms with Crippen LogP contribution < -0.4 is 10.6 Å². The quantitative estimate of drug-likeness (QED) is 0.765. The highest BCUT2D eigenvalue weighted by atomic mass is 16.5. The van der Waals surface area contributed by atoms with E-state index in [9.17, 15) is 9.90 Å². The minimum absolute atomic E-state index is 0.00831. The molecule has 0 saturated carbocycles. The van der Waals surface area contributed by atoms with Crippen LogP contribution in [0.25, 0.3) is 0 Å². The molecule has 0 bridgehead atoms. The Kier molecular flexibility index (Phi) is 5.30. The standard InChI is InChI=1S/C18H26N2O3/c21-13-18(8-10-23-11-9-18)19-12-17(22)20-16-7-3-5-14-4-1-2-6-15(14)16/h1-2,4,6,16,19,21H,3,5,7-13H2,(H,20,22)/t16-/m1/s1. The molecule has 0 spiro atoms. The maximum atomic E-state index is 12.3. The van der Waals surface area contributed by atoms with E-state index in [-0.39, 0.29) is 30.6 Å². The number of carbonyl (C=O) groups is 1. The molecule has 23 heavy (non-hydrogen) atoms. The van der Waals surface area contributed by atoms with Crippen molar-refractivity contribution >= 4 is 5.91 Å². The van der Waals surface area contributed by atoms with Gasteiger partial charge in [-0.15, -0.1) is 0 Å². The van der Waals surface area contributed by atoms with Crippen LogP contribution in [0.4, 0.5) is 0 Å². The number of fused-ring (bicyclic) bond motifs is 1. The molecule has 1 amide bonds. The summed E-state index contributed by atoms with van der Waals surface area (Å²) in [6, 6.07) is 8.45.